The van der Waals surface area contributed by atoms with Gasteiger partial charge >= 0.3 is 0 Å². The second-order valence-corrected chi connectivity index (χ2v) is 7.34. The van der Waals surface area contributed by atoms with E-state index in [1.807, 2.05) is 30.8 Å². The molecule has 2 aromatic heterocycles. The van der Waals surface area contributed by atoms with Crippen LogP contribution in [-0.2, 0) is 17.9 Å². The second-order valence-electron chi connectivity index (χ2n) is 7.34. The van der Waals surface area contributed by atoms with E-state index in [4.69, 9.17) is 4.52 Å². The maximum absolute atomic E-state index is 12.3. The lowest BCUT2D eigenvalue weighted by Gasteiger charge is -2.33. The topological polar surface area (TPSA) is 76.2 Å². The van der Waals surface area contributed by atoms with Crippen molar-refractivity contribution in [2.45, 2.75) is 52.2 Å². The van der Waals surface area contributed by atoms with Crippen LogP contribution in [0.15, 0.2) is 16.8 Å². The van der Waals surface area contributed by atoms with E-state index >= 15 is 0 Å². The lowest BCUT2D eigenvalue weighted by atomic mass is 10.1. The number of rotatable bonds is 6. The third-order valence-corrected chi connectivity index (χ3v) is 5.22. The molecule has 7 nitrogen and oxygen atoms in total. The number of aryl methyl sites for hydroxylation is 2. The number of carbonyl (C=O) groups is 1. The summed E-state index contributed by atoms with van der Waals surface area (Å²) in [5.74, 6) is 1.69. The number of aromatic nitrogens is 3. The van der Waals surface area contributed by atoms with Crippen molar-refractivity contribution in [3.8, 4) is 0 Å². The Morgan fingerprint density at radius 1 is 1.40 bits per heavy atom. The van der Waals surface area contributed by atoms with Crippen molar-refractivity contribution >= 4 is 5.91 Å². The molecule has 2 aliphatic rings. The van der Waals surface area contributed by atoms with Gasteiger partial charge in [-0.25, -0.2) is 0 Å². The summed E-state index contributed by atoms with van der Waals surface area (Å²) in [6, 6.07) is 2.10. The second kappa shape index (κ2) is 6.63. The number of nitrogens with zero attached hydrogens (tertiary/aromatic N) is 4. The Morgan fingerprint density at radius 2 is 2.24 bits per heavy atom. The minimum Gasteiger partial charge on any atom is -0.361 e. The highest BCUT2D eigenvalue weighted by atomic mass is 16.5. The zero-order chi connectivity index (χ0) is 17.4. The van der Waals surface area contributed by atoms with Crippen LogP contribution in [0.1, 0.15) is 48.0 Å². The summed E-state index contributed by atoms with van der Waals surface area (Å²) in [5, 5.41) is 11.6. The van der Waals surface area contributed by atoms with E-state index in [0.29, 0.717) is 12.3 Å². The molecule has 1 atom stereocenters. The molecule has 25 heavy (non-hydrogen) atoms. The van der Waals surface area contributed by atoms with Crippen LogP contribution in [0.25, 0.3) is 0 Å². The summed E-state index contributed by atoms with van der Waals surface area (Å²) in [5.41, 5.74) is 3.23. The van der Waals surface area contributed by atoms with Crippen molar-refractivity contribution in [3.63, 3.8) is 0 Å². The molecule has 1 aliphatic carbocycles. The van der Waals surface area contributed by atoms with Crippen LogP contribution in [0, 0.1) is 19.8 Å². The van der Waals surface area contributed by atoms with Crippen LogP contribution in [0.4, 0.5) is 0 Å². The van der Waals surface area contributed by atoms with E-state index in [2.05, 4.69) is 20.5 Å². The number of fused-ring (bicyclic) bond motifs is 1. The van der Waals surface area contributed by atoms with E-state index in [0.717, 1.165) is 48.9 Å². The minimum absolute atomic E-state index is 0.0680. The quantitative estimate of drug-likeness (QED) is 0.868. The normalized spacial score (nSPS) is 20.5. The van der Waals surface area contributed by atoms with Crippen molar-refractivity contribution in [2.24, 2.45) is 5.92 Å². The van der Waals surface area contributed by atoms with E-state index in [1.54, 1.807) is 0 Å². The molecule has 0 unspecified atom stereocenters. The van der Waals surface area contributed by atoms with Gasteiger partial charge in [-0.1, -0.05) is 5.16 Å². The highest BCUT2D eigenvalue weighted by Gasteiger charge is 2.29. The van der Waals surface area contributed by atoms with Crippen LogP contribution in [0.5, 0.6) is 0 Å². The summed E-state index contributed by atoms with van der Waals surface area (Å²) < 4.78 is 7.30. The number of nitrogens with one attached hydrogen (secondary N) is 1. The first kappa shape index (κ1) is 16.3. The molecule has 1 amide bonds. The first-order valence-electron chi connectivity index (χ1n) is 9.03. The molecule has 7 heteroatoms. The SMILES string of the molecule is Cc1noc(C)c1CN1Cc2ccnn2[C@@H](CC(=O)NCC2CC2)C1. The number of hydrogen-bond acceptors (Lipinski definition) is 5. The Labute approximate surface area is 147 Å². The maximum Gasteiger partial charge on any atom is 0.222 e. The fraction of sp³-hybridized carbons (Fsp3) is 0.611. The molecule has 1 fully saturated rings. The number of carbonyl (C=O) groups excluding carboxylic acids is 1. The Bertz CT molecular complexity index is 742. The first-order valence-corrected chi connectivity index (χ1v) is 9.03. The molecule has 1 aliphatic heterocycles. The highest BCUT2D eigenvalue weighted by Crippen LogP contribution is 2.28. The van der Waals surface area contributed by atoms with Gasteiger partial charge in [0.25, 0.3) is 0 Å². The molecule has 134 valence electrons. The van der Waals surface area contributed by atoms with E-state index in [-0.39, 0.29) is 11.9 Å². The van der Waals surface area contributed by atoms with E-state index in [1.165, 1.54) is 12.8 Å². The van der Waals surface area contributed by atoms with Gasteiger partial charge in [0.1, 0.15) is 5.76 Å². The zero-order valence-electron chi connectivity index (χ0n) is 14.9. The Balaban J connectivity index is 1.44. The third-order valence-electron chi connectivity index (χ3n) is 5.22. The minimum atomic E-state index is 0.0680. The van der Waals surface area contributed by atoms with Gasteiger partial charge in [-0.3, -0.25) is 14.4 Å². The molecule has 3 heterocycles. The van der Waals surface area contributed by atoms with Crippen LogP contribution < -0.4 is 5.32 Å². The molecular weight excluding hydrogens is 318 g/mol. The summed E-state index contributed by atoms with van der Waals surface area (Å²) >= 11 is 0. The first-order chi connectivity index (χ1) is 12.1. The van der Waals surface area contributed by atoms with Gasteiger partial charge in [0.05, 0.1) is 23.9 Å². The monoisotopic (exact) mass is 343 g/mol. The number of hydrogen-bond donors (Lipinski definition) is 1. The number of amides is 1. The molecule has 0 spiro atoms. The molecule has 1 saturated carbocycles. The molecule has 0 bridgehead atoms. The molecule has 0 saturated heterocycles. The van der Waals surface area contributed by atoms with Crippen LogP contribution in [0.3, 0.4) is 0 Å². The fourth-order valence-corrected chi connectivity index (χ4v) is 3.55. The van der Waals surface area contributed by atoms with Crippen molar-refractivity contribution in [1.29, 1.82) is 0 Å². The van der Waals surface area contributed by atoms with Crippen molar-refractivity contribution < 1.29 is 9.32 Å². The van der Waals surface area contributed by atoms with E-state index in [9.17, 15) is 4.79 Å². The maximum atomic E-state index is 12.3. The molecule has 1 N–H and O–H groups in total. The lowest BCUT2D eigenvalue weighted by molar-refractivity contribution is -0.122. The average molecular weight is 343 g/mol. The van der Waals surface area contributed by atoms with Crippen molar-refractivity contribution in [2.75, 3.05) is 13.1 Å². The predicted octanol–water partition coefficient (Wildman–Crippen LogP) is 1.96. The molecule has 0 aromatic carbocycles. The zero-order valence-corrected chi connectivity index (χ0v) is 14.9. The molecular formula is C18H25N5O2. The highest BCUT2D eigenvalue weighted by molar-refractivity contribution is 5.76. The van der Waals surface area contributed by atoms with Gasteiger partial charge in [0.15, 0.2) is 0 Å². The summed E-state index contributed by atoms with van der Waals surface area (Å²) in [6.45, 7) is 7.15. The van der Waals surface area contributed by atoms with Gasteiger partial charge in [-0.2, -0.15) is 5.10 Å². The van der Waals surface area contributed by atoms with Crippen molar-refractivity contribution in [3.05, 3.63) is 35.0 Å². The van der Waals surface area contributed by atoms with Gasteiger partial charge in [0, 0.05) is 37.9 Å². The Hall–Kier alpha value is -2.15. The molecule has 4 rings (SSSR count). The Morgan fingerprint density at radius 3 is 2.96 bits per heavy atom. The molecule has 0 radical (unpaired) electrons. The smallest absolute Gasteiger partial charge is 0.222 e. The van der Waals surface area contributed by atoms with Gasteiger partial charge in [0.2, 0.25) is 5.91 Å². The van der Waals surface area contributed by atoms with Crippen LogP contribution in [0.2, 0.25) is 0 Å². The van der Waals surface area contributed by atoms with Crippen LogP contribution >= 0.6 is 0 Å². The largest absolute Gasteiger partial charge is 0.361 e. The standard InChI is InChI=1S/C18H25N5O2/c1-12-17(13(2)25-21-12)11-22-9-15-5-6-20-23(15)16(10-22)7-18(24)19-8-14-3-4-14/h5-6,14,16H,3-4,7-11H2,1-2H3,(H,19,24)/t16-/m0/s1. The lowest BCUT2D eigenvalue weighted by Crippen LogP contribution is -2.40. The van der Waals surface area contributed by atoms with Crippen LogP contribution in [-0.4, -0.2) is 38.8 Å². The molecule has 2 aromatic rings. The average Bonchev–Trinajstić information content (AvgIpc) is 3.22. The summed E-state index contributed by atoms with van der Waals surface area (Å²) in [6.07, 6.45) is 4.79. The summed E-state index contributed by atoms with van der Waals surface area (Å²) in [7, 11) is 0. The fourth-order valence-electron chi connectivity index (χ4n) is 3.55. The van der Waals surface area contributed by atoms with E-state index < -0.39 is 0 Å². The third kappa shape index (κ3) is 3.61. The summed E-state index contributed by atoms with van der Waals surface area (Å²) in [4.78, 5) is 14.7. The van der Waals surface area contributed by atoms with Gasteiger partial charge in [-0.15, -0.1) is 0 Å². The van der Waals surface area contributed by atoms with Gasteiger partial charge < -0.3 is 9.84 Å². The van der Waals surface area contributed by atoms with Crippen molar-refractivity contribution in [1.82, 2.24) is 25.2 Å². The predicted molar refractivity (Wildman–Crippen MR) is 91.7 cm³/mol. The van der Waals surface area contributed by atoms with Gasteiger partial charge in [-0.05, 0) is 38.7 Å². The Kier molecular flexibility index (Phi) is 4.33.